The van der Waals surface area contributed by atoms with Gasteiger partial charge in [0.15, 0.2) is 12.4 Å². The third kappa shape index (κ3) is 6.61. The highest BCUT2D eigenvalue weighted by Gasteiger charge is 2.31. The first-order valence-corrected chi connectivity index (χ1v) is 13.0. The first kappa shape index (κ1) is 27.1. The molecule has 0 aliphatic rings. The number of hydrogen-bond donors (Lipinski definition) is 0. The highest BCUT2D eigenvalue weighted by Crippen LogP contribution is 2.40. The van der Waals surface area contributed by atoms with Gasteiger partial charge >= 0.3 is 5.97 Å². The van der Waals surface area contributed by atoms with Crippen molar-refractivity contribution in [1.82, 2.24) is 0 Å². The Labute approximate surface area is 228 Å². The maximum absolute atomic E-state index is 13.6. The normalized spacial score (nSPS) is 10.5. The van der Waals surface area contributed by atoms with Gasteiger partial charge < -0.3 is 21.7 Å². The van der Waals surface area contributed by atoms with E-state index in [4.69, 9.17) is 16.3 Å². The van der Waals surface area contributed by atoms with Crippen molar-refractivity contribution in [2.45, 2.75) is 23.3 Å². The maximum atomic E-state index is 13.6. The molecule has 2 aromatic heterocycles. The number of halogens is 2. The Hall–Kier alpha value is -2.45. The molecule has 4 rings (SSSR count). The van der Waals surface area contributed by atoms with Crippen LogP contribution in [0, 0.1) is 0 Å². The number of esters is 1. The van der Waals surface area contributed by atoms with Gasteiger partial charge in [-0.2, -0.15) is 4.57 Å². The van der Waals surface area contributed by atoms with Crippen LogP contribution >= 0.6 is 34.7 Å². The molecule has 0 aliphatic carbocycles. The first-order valence-electron chi connectivity index (χ1n) is 10.8. The molecule has 0 fully saturated rings. The van der Waals surface area contributed by atoms with Crippen molar-refractivity contribution in [3.05, 3.63) is 112 Å². The molecular formula is C27H23BrClNO3S2. The van der Waals surface area contributed by atoms with E-state index in [1.165, 1.54) is 11.3 Å². The minimum atomic E-state index is -0.358. The Balaban J connectivity index is 0.00000342. The van der Waals surface area contributed by atoms with E-state index in [2.05, 4.69) is 0 Å². The van der Waals surface area contributed by atoms with Crippen molar-refractivity contribution >= 4 is 46.5 Å². The summed E-state index contributed by atoms with van der Waals surface area (Å²) in [6, 6.07) is 22.6. The van der Waals surface area contributed by atoms with Crippen LogP contribution < -0.4 is 21.5 Å². The van der Waals surface area contributed by atoms with Gasteiger partial charge in [-0.25, -0.2) is 0 Å². The quantitative estimate of drug-likeness (QED) is 0.130. The van der Waals surface area contributed by atoms with Gasteiger partial charge in [-0.1, -0.05) is 66.2 Å². The number of pyridine rings is 1. The summed E-state index contributed by atoms with van der Waals surface area (Å²) in [7, 11) is 0. The van der Waals surface area contributed by atoms with Gasteiger partial charge in [0.2, 0.25) is 11.5 Å². The average Bonchev–Trinajstić information content (AvgIpc) is 3.22. The van der Waals surface area contributed by atoms with Crippen molar-refractivity contribution in [3.8, 4) is 5.69 Å². The molecule has 2 heterocycles. The Morgan fingerprint density at radius 3 is 2.31 bits per heavy atom. The number of nitrogens with zero attached hydrogens (tertiary/aromatic N) is 1. The van der Waals surface area contributed by atoms with E-state index >= 15 is 0 Å². The summed E-state index contributed by atoms with van der Waals surface area (Å²) in [4.78, 5) is 26.7. The van der Waals surface area contributed by atoms with Crippen molar-refractivity contribution < 1.29 is 35.9 Å². The molecule has 0 amide bonds. The fourth-order valence-electron chi connectivity index (χ4n) is 3.52. The lowest BCUT2D eigenvalue weighted by atomic mass is 10.0. The molecule has 0 atom stereocenters. The summed E-state index contributed by atoms with van der Waals surface area (Å²) < 4.78 is 8.15. The molecule has 0 radical (unpaired) electrons. The van der Waals surface area contributed by atoms with Gasteiger partial charge in [0, 0.05) is 28.5 Å². The largest absolute Gasteiger partial charge is 1.00 e. The van der Waals surface area contributed by atoms with Crippen LogP contribution in [0.4, 0.5) is 0 Å². The molecule has 0 saturated carbocycles. The number of thiophene rings is 1. The third-order valence-electron chi connectivity index (χ3n) is 5.11. The lowest BCUT2D eigenvalue weighted by Crippen LogP contribution is -3.00. The third-order valence-corrected chi connectivity index (χ3v) is 8.00. The molecule has 0 bridgehead atoms. The van der Waals surface area contributed by atoms with E-state index in [9.17, 15) is 9.59 Å². The molecule has 35 heavy (non-hydrogen) atoms. The fourth-order valence-corrected chi connectivity index (χ4v) is 6.38. The van der Waals surface area contributed by atoms with E-state index in [1.807, 2.05) is 77.6 Å². The number of carbonyl (C=O) groups is 2. The topological polar surface area (TPSA) is 47.3 Å². The van der Waals surface area contributed by atoms with Crippen LogP contribution in [-0.2, 0) is 21.7 Å². The van der Waals surface area contributed by atoms with Crippen LogP contribution in [0.3, 0.4) is 0 Å². The second-order valence-electron chi connectivity index (χ2n) is 7.39. The Morgan fingerprint density at radius 2 is 1.63 bits per heavy atom. The van der Waals surface area contributed by atoms with E-state index in [-0.39, 0.29) is 41.8 Å². The lowest BCUT2D eigenvalue weighted by molar-refractivity contribution is -0.598. The van der Waals surface area contributed by atoms with Gasteiger partial charge in [-0.3, -0.25) is 9.59 Å². The van der Waals surface area contributed by atoms with Crippen molar-refractivity contribution in [1.29, 1.82) is 0 Å². The van der Waals surface area contributed by atoms with Crippen molar-refractivity contribution in [2.75, 3.05) is 6.61 Å². The minimum absolute atomic E-state index is 0. The van der Waals surface area contributed by atoms with Gasteiger partial charge in [0.05, 0.1) is 23.5 Å². The zero-order valence-corrected chi connectivity index (χ0v) is 22.9. The molecule has 0 N–H and O–H groups in total. The van der Waals surface area contributed by atoms with E-state index in [0.29, 0.717) is 26.8 Å². The predicted octanol–water partition coefficient (Wildman–Crippen LogP) is 3.31. The molecule has 0 unspecified atom stereocenters. The van der Waals surface area contributed by atoms with Crippen LogP contribution in [0.1, 0.15) is 33.3 Å². The first-order chi connectivity index (χ1) is 16.6. The number of rotatable bonds is 9. The molecule has 0 spiro atoms. The fraction of sp³-hybridized carbons (Fsp3) is 0.148. The molecule has 4 nitrogen and oxygen atoms in total. The SMILES string of the molecule is CCOC(=O)Cc1c(C(=O)c2ccccc2)sc(SCc2ccccc2Cl)c1-[n+]1ccccc1.[Br-]. The highest BCUT2D eigenvalue weighted by molar-refractivity contribution is 8.00. The number of ether oxygens (including phenoxy) is 1. The average molecular weight is 589 g/mol. The highest BCUT2D eigenvalue weighted by atomic mass is 79.9. The second-order valence-corrected chi connectivity index (χ2v) is 10.1. The maximum Gasteiger partial charge on any atom is 0.310 e. The Kier molecular flexibility index (Phi) is 10.1. The number of benzene rings is 2. The minimum Gasteiger partial charge on any atom is -1.00 e. The summed E-state index contributed by atoms with van der Waals surface area (Å²) in [6.45, 7) is 2.06. The standard InChI is InChI=1S/C27H23ClNO3S2.BrH/c1-2-32-23(30)17-21-24(29-15-9-4-10-16-29)27(33-18-20-13-7-8-14-22(20)28)34-26(21)25(31)19-11-5-3-6-12-19;/h3-16H,2,17-18H2,1H3;1H/q+1;/p-1. The molecule has 0 saturated heterocycles. The van der Waals surface area contributed by atoms with E-state index in [1.54, 1.807) is 30.8 Å². The zero-order chi connectivity index (χ0) is 23.9. The summed E-state index contributed by atoms with van der Waals surface area (Å²) in [5.41, 5.74) is 3.10. The smallest absolute Gasteiger partial charge is 0.310 e. The Morgan fingerprint density at radius 1 is 0.971 bits per heavy atom. The number of hydrogen-bond acceptors (Lipinski definition) is 5. The molecule has 180 valence electrons. The number of carbonyl (C=O) groups excluding carboxylic acids is 2. The van der Waals surface area contributed by atoms with Crippen LogP contribution in [0.25, 0.3) is 5.69 Å². The lowest BCUT2D eigenvalue weighted by Gasteiger charge is -2.06. The molecular weight excluding hydrogens is 566 g/mol. The summed E-state index contributed by atoms with van der Waals surface area (Å²) >= 11 is 9.40. The van der Waals surface area contributed by atoms with Crippen LogP contribution in [0.2, 0.25) is 5.02 Å². The number of ketones is 1. The van der Waals surface area contributed by atoms with Gasteiger partial charge in [0.1, 0.15) is 4.21 Å². The molecule has 2 aromatic carbocycles. The molecule has 4 aromatic rings. The monoisotopic (exact) mass is 587 g/mol. The van der Waals surface area contributed by atoms with E-state index < -0.39 is 0 Å². The number of thioether (sulfide) groups is 1. The van der Waals surface area contributed by atoms with Crippen LogP contribution in [-0.4, -0.2) is 18.4 Å². The van der Waals surface area contributed by atoms with Crippen molar-refractivity contribution in [2.24, 2.45) is 0 Å². The summed E-state index contributed by atoms with van der Waals surface area (Å²) in [5.74, 6) is 0.174. The van der Waals surface area contributed by atoms with Crippen LogP contribution in [0.5, 0.6) is 0 Å². The predicted molar refractivity (Wildman–Crippen MR) is 137 cm³/mol. The van der Waals surface area contributed by atoms with Crippen LogP contribution in [0.15, 0.2) is 89.4 Å². The van der Waals surface area contributed by atoms with Gasteiger partial charge in [-0.05, 0) is 18.6 Å². The zero-order valence-electron chi connectivity index (χ0n) is 18.9. The van der Waals surface area contributed by atoms with Crippen molar-refractivity contribution in [3.63, 3.8) is 0 Å². The summed E-state index contributed by atoms with van der Waals surface area (Å²) in [5, 5.41) is 0.702. The second kappa shape index (κ2) is 13.0. The van der Waals surface area contributed by atoms with Gasteiger partial charge in [0.25, 0.3) is 0 Å². The van der Waals surface area contributed by atoms with Gasteiger partial charge in [-0.15, -0.1) is 23.1 Å². The number of aromatic nitrogens is 1. The molecule has 8 heteroatoms. The van der Waals surface area contributed by atoms with E-state index in [0.717, 1.165) is 15.5 Å². The Bertz CT molecular complexity index is 1300. The molecule has 0 aliphatic heterocycles. The summed E-state index contributed by atoms with van der Waals surface area (Å²) in [6.07, 6.45) is 3.86.